The van der Waals surface area contributed by atoms with Crippen LogP contribution in [0.15, 0.2) is 41.8 Å². The second-order valence-electron chi connectivity index (χ2n) is 4.60. The van der Waals surface area contributed by atoms with Gasteiger partial charge in [0.15, 0.2) is 11.4 Å². The SMILES string of the molecule is COC(=O)c1nc(N)c2sccc2c1OCc1ccccc1. The number of hydrogen-bond acceptors (Lipinski definition) is 6. The van der Waals surface area contributed by atoms with Crippen LogP contribution in [0.3, 0.4) is 0 Å². The van der Waals surface area contributed by atoms with Gasteiger partial charge in [-0.15, -0.1) is 11.3 Å². The lowest BCUT2D eigenvalue weighted by Crippen LogP contribution is -2.10. The van der Waals surface area contributed by atoms with E-state index in [1.165, 1.54) is 18.4 Å². The Balaban J connectivity index is 2.03. The Bertz CT molecular complexity index is 815. The van der Waals surface area contributed by atoms with Gasteiger partial charge in [-0.1, -0.05) is 30.3 Å². The van der Waals surface area contributed by atoms with Crippen molar-refractivity contribution in [3.63, 3.8) is 0 Å². The Morgan fingerprint density at radius 3 is 2.77 bits per heavy atom. The molecule has 6 heteroatoms. The number of nitrogens with zero attached hydrogens (tertiary/aromatic N) is 1. The van der Waals surface area contributed by atoms with Crippen molar-refractivity contribution in [2.75, 3.05) is 12.8 Å². The number of ether oxygens (including phenoxy) is 2. The molecule has 0 saturated carbocycles. The highest BCUT2D eigenvalue weighted by molar-refractivity contribution is 7.17. The number of aromatic nitrogens is 1. The van der Waals surface area contributed by atoms with E-state index in [1.807, 2.05) is 41.8 Å². The molecular weight excluding hydrogens is 300 g/mol. The van der Waals surface area contributed by atoms with E-state index in [9.17, 15) is 4.79 Å². The van der Waals surface area contributed by atoms with Gasteiger partial charge in [0.2, 0.25) is 0 Å². The number of anilines is 1. The van der Waals surface area contributed by atoms with Gasteiger partial charge in [-0.25, -0.2) is 9.78 Å². The van der Waals surface area contributed by atoms with Crippen LogP contribution in [0.25, 0.3) is 10.1 Å². The highest BCUT2D eigenvalue weighted by Gasteiger charge is 2.21. The van der Waals surface area contributed by atoms with Crippen molar-refractivity contribution >= 4 is 33.2 Å². The molecule has 3 aromatic rings. The molecule has 0 bridgehead atoms. The average molecular weight is 314 g/mol. The van der Waals surface area contributed by atoms with Crippen LogP contribution in [-0.2, 0) is 11.3 Å². The van der Waals surface area contributed by atoms with Crippen LogP contribution in [0.1, 0.15) is 16.1 Å². The predicted molar refractivity (Wildman–Crippen MR) is 86.1 cm³/mol. The molecule has 2 heterocycles. The van der Waals surface area contributed by atoms with Gasteiger partial charge in [0, 0.05) is 5.39 Å². The molecule has 22 heavy (non-hydrogen) atoms. The van der Waals surface area contributed by atoms with Crippen LogP contribution in [0, 0.1) is 0 Å². The zero-order valence-corrected chi connectivity index (χ0v) is 12.7. The topological polar surface area (TPSA) is 74.4 Å². The van der Waals surface area contributed by atoms with Gasteiger partial charge < -0.3 is 15.2 Å². The number of methoxy groups -OCH3 is 1. The third-order valence-electron chi connectivity index (χ3n) is 3.19. The number of carbonyl (C=O) groups excluding carboxylic acids is 1. The molecule has 2 N–H and O–H groups in total. The van der Waals surface area contributed by atoms with E-state index in [0.717, 1.165) is 15.6 Å². The number of fused-ring (bicyclic) bond motifs is 1. The number of carbonyl (C=O) groups is 1. The lowest BCUT2D eigenvalue weighted by molar-refractivity contribution is 0.0589. The molecule has 0 aliphatic carbocycles. The van der Waals surface area contributed by atoms with Crippen molar-refractivity contribution in [3.05, 3.63) is 53.0 Å². The summed E-state index contributed by atoms with van der Waals surface area (Å²) in [6, 6.07) is 11.6. The summed E-state index contributed by atoms with van der Waals surface area (Å²) >= 11 is 1.46. The van der Waals surface area contributed by atoms with Crippen molar-refractivity contribution in [1.29, 1.82) is 0 Å². The Labute approximate surface area is 131 Å². The van der Waals surface area contributed by atoms with E-state index in [-0.39, 0.29) is 5.69 Å². The summed E-state index contributed by atoms with van der Waals surface area (Å²) in [4.78, 5) is 16.1. The fourth-order valence-corrected chi connectivity index (χ4v) is 2.94. The quantitative estimate of drug-likeness (QED) is 0.748. The van der Waals surface area contributed by atoms with Gasteiger partial charge in [-0.05, 0) is 17.0 Å². The van der Waals surface area contributed by atoms with E-state index in [4.69, 9.17) is 15.2 Å². The molecule has 0 amide bonds. The molecule has 0 spiro atoms. The van der Waals surface area contributed by atoms with Crippen molar-refractivity contribution in [2.45, 2.75) is 6.61 Å². The molecule has 0 fully saturated rings. The molecule has 5 nitrogen and oxygen atoms in total. The van der Waals surface area contributed by atoms with E-state index >= 15 is 0 Å². The summed E-state index contributed by atoms with van der Waals surface area (Å²) in [7, 11) is 1.30. The number of esters is 1. The standard InChI is InChI=1S/C16H14N2O3S/c1-20-16(19)12-13(21-9-10-5-3-2-4-6-10)11-7-8-22-14(11)15(17)18-12/h2-8H,9H2,1H3,(H2,17,18). The fraction of sp³-hybridized carbons (Fsp3) is 0.125. The Kier molecular flexibility index (Phi) is 3.93. The molecule has 3 rings (SSSR count). The summed E-state index contributed by atoms with van der Waals surface area (Å²) in [6.07, 6.45) is 0. The van der Waals surface area contributed by atoms with Gasteiger partial charge >= 0.3 is 5.97 Å². The first-order chi connectivity index (χ1) is 10.7. The third-order valence-corrected chi connectivity index (χ3v) is 4.13. The monoisotopic (exact) mass is 314 g/mol. The third kappa shape index (κ3) is 2.60. The molecule has 0 atom stereocenters. The van der Waals surface area contributed by atoms with Crippen LogP contribution < -0.4 is 10.5 Å². The first-order valence-corrected chi connectivity index (χ1v) is 7.50. The van der Waals surface area contributed by atoms with Crippen molar-refractivity contribution < 1.29 is 14.3 Å². The second kappa shape index (κ2) is 6.03. The van der Waals surface area contributed by atoms with Gasteiger partial charge in [-0.2, -0.15) is 0 Å². The number of benzene rings is 1. The highest BCUT2D eigenvalue weighted by Crippen LogP contribution is 2.36. The fourth-order valence-electron chi connectivity index (χ4n) is 2.15. The molecule has 0 aliphatic rings. The molecule has 0 radical (unpaired) electrons. The number of rotatable bonds is 4. The summed E-state index contributed by atoms with van der Waals surface area (Å²) in [5.41, 5.74) is 7.00. The lowest BCUT2D eigenvalue weighted by Gasteiger charge is -2.12. The smallest absolute Gasteiger partial charge is 0.360 e. The summed E-state index contributed by atoms with van der Waals surface area (Å²) in [5, 5.41) is 2.66. The van der Waals surface area contributed by atoms with Crippen LogP contribution in [-0.4, -0.2) is 18.1 Å². The van der Waals surface area contributed by atoms with Gasteiger partial charge in [0.05, 0.1) is 11.8 Å². The predicted octanol–water partition coefficient (Wildman–Crippen LogP) is 3.24. The van der Waals surface area contributed by atoms with E-state index in [2.05, 4.69) is 4.98 Å². The molecular formula is C16H14N2O3S. The van der Waals surface area contributed by atoms with Crippen molar-refractivity contribution in [1.82, 2.24) is 4.98 Å². The Morgan fingerprint density at radius 1 is 1.27 bits per heavy atom. The molecule has 112 valence electrons. The van der Waals surface area contributed by atoms with Crippen LogP contribution in [0.2, 0.25) is 0 Å². The largest absolute Gasteiger partial charge is 0.486 e. The average Bonchev–Trinajstić information content (AvgIpc) is 3.04. The zero-order valence-electron chi connectivity index (χ0n) is 11.9. The number of pyridine rings is 1. The first kappa shape index (κ1) is 14.3. The summed E-state index contributed by atoms with van der Waals surface area (Å²) in [5.74, 6) is 0.140. The number of nitrogen functional groups attached to an aromatic ring is 1. The maximum atomic E-state index is 11.9. The van der Waals surface area contributed by atoms with Crippen LogP contribution in [0.5, 0.6) is 5.75 Å². The minimum atomic E-state index is -0.567. The van der Waals surface area contributed by atoms with Crippen LogP contribution >= 0.6 is 11.3 Å². The maximum absolute atomic E-state index is 11.9. The molecule has 1 aromatic carbocycles. The molecule has 2 aromatic heterocycles. The summed E-state index contributed by atoms with van der Waals surface area (Å²) < 4.78 is 11.4. The maximum Gasteiger partial charge on any atom is 0.360 e. The number of hydrogen-bond donors (Lipinski definition) is 1. The number of thiophene rings is 1. The van der Waals surface area contributed by atoms with E-state index in [1.54, 1.807) is 0 Å². The van der Waals surface area contributed by atoms with Crippen LogP contribution in [0.4, 0.5) is 5.82 Å². The second-order valence-corrected chi connectivity index (χ2v) is 5.52. The Hall–Kier alpha value is -2.60. The van der Waals surface area contributed by atoms with Crippen molar-refractivity contribution in [3.8, 4) is 5.75 Å². The van der Waals surface area contributed by atoms with Crippen molar-refractivity contribution in [2.24, 2.45) is 0 Å². The zero-order chi connectivity index (χ0) is 15.5. The van der Waals surface area contributed by atoms with Gasteiger partial charge in [0.25, 0.3) is 0 Å². The molecule has 0 saturated heterocycles. The number of nitrogens with two attached hydrogens (primary N) is 1. The van der Waals surface area contributed by atoms with E-state index < -0.39 is 5.97 Å². The highest BCUT2D eigenvalue weighted by atomic mass is 32.1. The first-order valence-electron chi connectivity index (χ1n) is 6.62. The molecule has 0 aliphatic heterocycles. The van der Waals surface area contributed by atoms with E-state index in [0.29, 0.717) is 18.2 Å². The normalized spacial score (nSPS) is 10.6. The van der Waals surface area contributed by atoms with Gasteiger partial charge in [-0.3, -0.25) is 0 Å². The minimum Gasteiger partial charge on any atom is -0.486 e. The Morgan fingerprint density at radius 2 is 2.05 bits per heavy atom. The molecule has 0 unspecified atom stereocenters. The minimum absolute atomic E-state index is 0.0989. The summed E-state index contributed by atoms with van der Waals surface area (Å²) in [6.45, 7) is 0.335. The van der Waals surface area contributed by atoms with Gasteiger partial charge in [0.1, 0.15) is 12.4 Å². The lowest BCUT2D eigenvalue weighted by atomic mass is 10.2.